The second kappa shape index (κ2) is 6.82. The van der Waals surface area contributed by atoms with Crippen molar-refractivity contribution in [3.63, 3.8) is 0 Å². The number of alkyl halides is 1. The SMILES string of the molecule is Cc1cc(-c2nnc3c4ccccc4c(OCc4nc(CCl)nn4C)nn23)no1. The van der Waals surface area contributed by atoms with Crippen LogP contribution in [-0.2, 0) is 19.5 Å². The summed E-state index contributed by atoms with van der Waals surface area (Å²) in [6.45, 7) is 2.00. The fraction of sp³-hybridized carbons (Fsp3) is 0.222. The first-order chi connectivity index (χ1) is 14.1. The zero-order valence-corrected chi connectivity index (χ0v) is 16.3. The van der Waals surface area contributed by atoms with Gasteiger partial charge in [-0.05, 0) is 13.0 Å². The van der Waals surface area contributed by atoms with E-state index in [0.29, 0.717) is 40.5 Å². The van der Waals surface area contributed by atoms with Crippen LogP contribution in [-0.4, -0.2) is 39.7 Å². The van der Waals surface area contributed by atoms with Crippen molar-refractivity contribution in [3.05, 3.63) is 47.7 Å². The van der Waals surface area contributed by atoms with Crippen molar-refractivity contribution in [1.29, 1.82) is 0 Å². The lowest BCUT2D eigenvalue weighted by atomic mass is 10.2. The molecule has 10 nitrogen and oxygen atoms in total. The number of nitrogens with zero attached hydrogens (tertiary/aromatic N) is 8. The maximum Gasteiger partial charge on any atom is 0.240 e. The molecule has 0 radical (unpaired) electrons. The average Bonchev–Trinajstić information content (AvgIpc) is 3.44. The van der Waals surface area contributed by atoms with Crippen molar-refractivity contribution in [3.8, 4) is 17.4 Å². The largest absolute Gasteiger partial charge is 0.468 e. The highest BCUT2D eigenvalue weighted by molar-refractivity contribution is 6.16. The van der Waals surface area contributed by atoms with Crippen molar-refractivity contribution in [1.82, 2.24) is 39.7 Å². The minimum Gasteiger partial charge on any atom is -0.468 e. The van der Waals surface area contributed by atoms with Crippen molar-refractivity contribution in [2.24, 2.45) is 7.05 Å². The quantitative estimate of drug-likeness (QED) is 0.407. The lowest BCUT2D eigenvalue weighted by molar-refractivity contribution is 0.278. The smallest absolute Gasteiger partial charge is 0.240 e. The van der Waals surface area contributed by atoms with Crippen molar-refractivity contribution in [2.45, 2.75) is 19.4 Å². The molecule has 1 aromatic carbocycles. The van der Waals surface area contributed by atoms with E-state index in [0.717, 1.165) is 10.8 Å². The average molecular weight is 411 g/mol. The Kier molecular flexibility index (Phi) is 4.13. The molecule has 0 N–H and O–H groups in total. The van der Waals surface area contributed by atoms with Gasteiger partial charge in [-0.25, -0.2) is 9.67 Å². The summed E-state index contributed by atoms with van der Waals surface area (Å²) in [6, 6.07) is 9.49. The fourth-order valence-corrected chi connectivity index (χ4v) is 3.19. The summed E-state index contributed by atoms with van der Waals surface area (Å²) in [5.74, 6) is 2.99. The summed E-state index contributed by atoms with van der Waals surface area (Å²) < 4.78 is 14.4. The molecule has 0 aliphatic heterocycles. The van der Waals surface area contributed by atoms with Gasteiger partial charge < -0.3 is 9.26 Å². The summed E-state index contributed by atoms with van der Waals surface area (Å²) in [7, 11) is 1.79. The predicted molar refractivity (Wildman–Crippen MR) is 103 cm³/mol. The Morgan fingerprint density at radius 3 is 2.69 bits per heavy atom. The number of aryl methyl sites for hydroxylation is 2. The molecule has 5 aromatic rings. The highest BCUT2D eigenvalue weighted by atomic mass is 35.5. The Morgan fingerprint density at radius 1 is 1.14 bits per heavy atom. The first kappa shape index (κ1) is 17.6. The van der Waals surface area contributed by atoms with E-state index in [1.807, 2.05) is 31.2 Å². The zero-order valence-electron chi connectivity index (χ0n) is 15.6. The van der Waals surface area contributed by atoms with Crippen LogP contribution in [0.3, 0.4) is 0 Å². The van der Waals surface area contributed by atoms with Crippen LogP contribution in [0.5, 0.6) is 5.88 Å². The van der Waals surface area contributed by atoms with Gasteiger partial charge in [0, 0.05) is 23.9 Å². The molecule has 5 rings (SSSR count). The van der Waals surface area contributed by atoms with E-state index in [9.17, 15) is 0 Å². The number of halogens is 1. The van der Waals surface area contributed by atoms with E-state index in [1.165, 1.54) is 0 Å². The zero-order chi connectivity index (χ0) is 20.0. The van der Waals surface area contributed by atoms with E-state index in [-0.39, 0.29) is 12.5 Å². The third kappa shape index (κ3) is 2.97. The summed E-state index contributed by atoms with van der Waals surface area (Å²) >= 11 is 5.82. The molecule has 0 atom stereocenters. The van der Waals surface area contributed by atoms with Crippen molar-refractivity contribution < 1.29 is 9.26 Å². The molecule has 0 fully saturated rings. The second-order valence-corrected chi connectivity index (χ2v) is 6.69. The fourth-order valence-electron chi connectivity index (χ4n) is 3.08. The molecule has 0 aliphatic rings. The van der Waals surface area contributed by atoms with Crippen LogP contribution in [0.15, 0.2) is 34.9 Å². The number of rotatable bonds is 5. The first-order valence-electron chi connectivity index (χ1n) is 8.79. The molecule has 11 heteroatoms. The van der Waals surface area contributed by atoms with Crippen molar-refractivity contribution >= 4 is 28.0 Å². The monoisotopic (exact) mass is 410 g/mol. The molecule has 0 bridgehead atoms. The maximum absolute atomic E-state index is 6.02. The van der Waals surface area contributed by atoms with Crippen LogP contribution in [0.25, 0.3) is 27.9 Å². The molecular formula is C18H15ClN8O2. The van der Waals surface area contributed by atoms with Gasteiger partial charge in [-0.2, -0.15) is 9.61 Å². The number of benzene rings is 1. The van der Waals surface area contributed by atoms with E-state index >= 15 is 0 Å². The summed E-state index contributed by atoms with van der Waals surface area (Å²) in [6.07, 6.45) is 0. The molecule has 0 spiro atoms. The van der Waals surface area contributed by atoms with Crippen LogP contribution in [0, 0.1) is 6.92 Å². The highest BCUT2D eigenvalue weighted by Gasteiger charge is 2.19. The molecule has 4 aromatic heterocycles. The molecule has 0 amide bonds. The molecule has 0 saturated heterocycles. The Balaban J connectivity index is 1.62. The number of fused-ring (bicyclic) bond motifs is 3. The van der Waals surface area contributed by atoms with Gasteiger partial charge in [-0.1, -0.05) is 23.4 Å². The summed E-state index contributed by atoms with van der Waals surface area (Å²) in [5, 5.41) is 23.1. The molecule has 0 unspecified atom stereocenters. The summed E-state index contributed by atoms with van der Waals surface area (Å²) in [4.78, 5) is 4.36. The first-order valence-corrected chi connectivity index (χ1v) is 9.33. The van der Waals surface area contributed by atoms with Gasteiger partial charge in [-0.3, -0.25) is 0 Å². The molecule has 29 heavy (non-hydrogen) atoms. The number of aromatic nitrogens is 8. The van der Waals surface area contributed by atoms with Gasteiger partial charge in [0.2, 0.25) is 11.7 Å². The number of ether oxygens (including phenoxy) is 1. The minimum atomic E-state index is 0.184. The Hall–Kier alpha value is -3.53. The Labute approximate surface area is 169 Å². The minimum absolute atomic E-state index is 0.184. The van der Waals surface area contributed by atoms with Gasteiger partial charge in [0.05, 0.1) is 5.88 Å². The van der Waals surface area contributed by atoms with Gasteiger partial charge in [0.15, 0.2) is 23.0 Å². The van der Waals surface area contributed by atoms with E-state index in [2.05, 4.69) is 30.5 Å². The highest BCUT2D eigenvalue weighted by Crippen LogP contribution is 2.29. The lowest BCUT2D eigenvalue weighted by Crippen LogP contribution is -2.07. The van der Waals surface area contributed by atoms with Gasteiger partial charge >= 0.3 is 0 Å². The van der Waals surface area contributed by atoms with Crippen LogP contribution in [0.4, 0.5) is 0 Å². The normalized spacial score (nSPS) is 11.6. The van der Waals surface area contributed by atoms with Crippen LogP contribution in [0.1, 0.15) is 17.4 Å². The van der Waals surface area contributed by atoms with Gasteiger partial charge in [0.1, 0.15) is 12.4 Å². The molecule has 4 heterocycles. The van der Waals surface area contributed by atoms with Gasteiger partial charge in [-0.15, -0.1) is 26.9 Å². The topological polar surface area (TPSA) is 109 Å². The standard InChI is InChI=1S/C18H15ClN8O2/c1-10-7-13(25-29-10)17-22-21-16-11-5-3-4-6-12(11)18(24-27(16)17)28-9-15-20-14(8-19)23-26(15)2/h3-7H,8-9H2,1-2H3. The van der Waals surface area contributed by atoms with Gasteiger partial charge in [0.25, 0.3) is 0 Å². The second-order valence-electron chi connectivity index (χ2n) is 6.42. The molecular weight excluding hydrogens is 396 g/mol. The maximum atomic E-state index is 6.02. The van der Waals surface area contributed by atoms with E-state index in [1.54, 1.807) is 22.3 Å². The predicted octanol–water partition coefficient (Wildman–Crippen LogP) is 2.69. The van der Waals surface area contributed by atoms with E-state index in [4.69, 9.17) is 20.9 Å². The lowest BCUT2D eigenvalue weighted by Gasteiger charge is -2.09. The number of hydrogen-bond donors (Lipinski definition) is 0. The van der Waals surface area contributed by atoms with Crippen LogP contribution >= 0.6 is 11.6 Å². The number of hydrogen-bond acceptors (Lipinski definition) is 8. The molecule has 146 valence electrons. The van der Waals surface area contributed by atoms with Crippen molar-refractivity contribution in [2.75, 3.05) is 0 Å². The van der Waals surface area contributed by atoms with E-state index < -0.39 is 0 Å². The summed E-state index contributed by atoms with van der Waals surface area (Å²) in [5.41, 5.74) is 1.15. The Bertz CT molecular complexity index is 1340. The third-order valence-electron chi connectivity index (χ3n) is 4.44. The molecule has 0 aliphatic carbocycles. The van der Waals surface area contributed by atoms with Crippen LogP contribution < -0.4 is 4.74 Å². The third-order valence-corrected chi connectivity index (χ3v) is 4.68. The van der Waals surface area contributed by atoms with Crippen LogP contribution in [0.2, 0.25) is 0 Å². The Morgan fingerprint density at radius 2 is 1.97 bits per heavy atom. The molecule has 0 saturated carbocycles.